The molecule has 1 saturated carbocycles. The molecule has 1 fully saturated rings. The molecule has 1 aromatic rings. The minimum Gasteiger partial charge on any atom is -0.370 e. The molecule has 1 aromatic heterocycles. The lowest BCUT2D eigenvalue weighted by Gasteiger charge is -2.21. The summed E-state index contributed by atoms with van der Waals surface area (Å²) in [6.45, 7) is 5.08. The van der Waals surface area contributed by atoms with Gasteiger partial charge in [-0.3, -0.25) is 0 Å². The van der Waals surface area contributed by atoms with E-state index in [1.807, 2.05) is 24.8 Å². The lowest BCUT2D eigenvalue weighted by atomic mass is 10.2. The number of nitrogen functional groups attached to an aromatic ring is 1. The van der Waals surface area contributed by atoms with Gasteiger partial charge in [0.1, 0.15) is 11.6 Å². The van der Waals surface area contributed by atoms with E-state index in [9.17, 15) is 0 Å². The molecule has 1 aliphatic rings. The Bertz CT molecular complexity index is 412. The average Bonchev–Trinajstić information content (AvgIpc) is 2.77. The number of rotatable bonds is 6. The fourth-order valence-corrected chi connectivity index (χ4v) is 3.70. The molecule has 2 unspecified atom stereocenters. The molecule has 19 heavy (non-hydrogen) atoms. The Kier molecular flexibility index (Phi) is 5.13. The molecule has 1 heterocycles. The van der Waals surface area contributed by atoms with Gasteiger partial charge in [-0.05, 0) is 25.5 Å². The third-order valence-electron chi connectivity index (χ3n) is 3.27. The van der Waals surface area contributed by atoms with E-state index in [1.54, 1.807) is 0 Å². The summed E-state index contributed by atoms with van der Waals surface area (Å²) in [5.74, 6) is 3.10. The minimum atomic E-state index is 0.318. The molecule has 106 valence electrons. The topological polar surface area (TPSA) is 75.9 Å². The lowest BCUT2D eigenvalue weighted by molar-refractivity contribution is 0.762. The zero-order valence-corrected chi connectivity index (χ0v) is 12.5. The smallest absolute Gasteiger partial charge is 0.223 e. The highest BCUT2D eigenvalue weighted by molar-refractivity contribution is 7.99. The molecule has 2 rings (SSSR count). The molecular formula is C13H23N5S. The molecule has 0 aliphatic heterocycles. The predicted molar refractivity (Wildman–Crippen MR) is 83.8 cm³/mol. The van der Waals surface area contributed by atoms with Gasteiger partial charge in [-0.1, -0.05) is 13.3 Å². The van der Waals surface area contributed by atoms with Crippen molar-refractivity contribution >= 4 is 29.3 Å². The number of hydrogen-bond acceptors (Lipinski definition) is 6. The molecule has 0 bridgehead atoms. The van der Waals surface area contributed by atoms with E-state index in [4.69, 9.17) is 5.73 Å². The Balaban J connectivity index is 2.05. The number of anilines is 3. The highest BCUT2D eigenvalue weighted by Crippen LogP contribution is 2.32. The van der Waals surface area contributed by atoms with Crippen molar-refractivity contribution in [3.8, 4) is 0 Å². The van der Waals surface area contributed by atoms with Crippen LogP contribution in [-0.2, 0) is 0 Å². The van der Waals surface area contributed by atoms with Crippen LogP contribution >= 0.6 is 11.8 Å². The van der Waals surface area contributed by atoms with Gasteiger partial charge in [0, 0.05) is 23.9 Å². The van der Waals surface area contributed by atoms with Crippen molar-refractivity contribution in [1.82, 2.24) is 9.97 Å². The Labute approximate surface area is 119 Å². The molecule has 5 nitrogen and oxygen atoms in total. The number of hydrogen-bond donors (Lipinski definition) is 3. The Morgan fingerprint density at radius 3 is 2.84 bits per heavy atom. The molecule has 4 N–H and O–H groups in total. The highest BCUT2D eigenvalue weighted by Gasteiger charge is 2.27. The summed E-state index contributed by atoms with van der Waals surface area (Å²) in [5, 5.41) is 7.38. The molecule has 2 atom stereocenters. The first-order chi connectivity index (χ1) is 9.22. The molecule has 0 spiro atoms. The van der Waals surface area contributed by atoms with Gasteiger partial charge < -0.3 is 16.4 Å². The summed E-state index contributed by atoms with van der Waals surface area (Å²) in [7, 11) is 0. The average molecular weight is 281 g/mol. The molecule has 0 radical (unpaired) electrons. The van der Waals surface area contributed by atoms with Crippen LogP contribution in [0, 0.1) is 0 Å². The zero-order valence-electron chi connectivity index (χ0n) is 11.6. The van der Waals surface area contributed by atoms with Crippen molar-refractivity contribution in [2.24, 2.45) is 0 Å². The van der Waals surface area contributed by atoms with E-state index >= 15 is 0 Å². The number of nitrogens with zero attached hydrogens (tertiary/aromatic N) is 2. The monoisotopic (exact) mass is 281 g/mol. The van der Waals surface area contributed by atoms with Crippen LogP contribution in [0.25, 0.3) is 0 Å². The Hall–Kier alpha value is -1.17. The van der Waals surface area contributed by atoms with Gasteiger partial charge in [-0.15, -0.1) is 0 Å². The van der Waals surface area contributed by atoms with Gasteiger partial charge in [-0.25, -0.2) is 0 Å². The van der Waals surface area contributed by atoms with Gasteiger partial charge in [-0.2, -0.15) is 21.7 Å². The second kappa shape index (κ2) is 6.84. The molecule has 0 aromatic carbocycles. The summed E-state index contributed by atoms with van der Waals surface area (Å²) in [6, 6.07) is 2.43. The molecular weight excluding hydrogens is 258 g/mol. The lowest BCUT2D eigenvalue weighted by Crippen LogP contribution is -2.27. The maximum atomic E-state index is 5.75. The molecule has 1 aliphatic carbocycles. The van der Waals surface area contributed by atoms with E-state index in [-0.39, 0.29) is 0 Å². The van der Waals surface area contributed by atoms with Crippen molar-refractivity contribution in [3.63, 3.8) is 0 Å². The molecule has 6 heteroatoms. The summed E-state index contributed by atoms with van der Waals surface area (Å²) in [4.78, 5) is 8.44. The third kappa shape index (κ3) is 3.89. The Morgan fingerprint density at radius 2 is 2.11 bits per heavy atom. The SMILES string of the molecule is CCNc1cc(NC2CCCC2SCC)nc(N)n1. The Morgan fingerprint density at radius 1 is 1.32 bits per heavy atom. The van der Waals surface area contributed by atoms with Gasteiger partial charge in [0.2, 0.25) is 5.95 Å². The highest BCUT2D eigenvalue weighted by atomic mass is 32.2. The molecule has 0 saturated heterocycles. The second-order valence-corrected chi connectivity index (χ2v) is 6.22. The van der Waals surface area contributed by atoms with Crippen LogP contribution in [-0.4, -0.2) is 33.6 Å². The number of thioether (sulfide) groups is 1. The number of nitrogens with two attached hydrogens (primary N) is 1. The van der Waals surface area contributed by atoms with E-state index in [0.29, 0.717) is 17.2 Å². The van der Waals surface area contributed by atoms with Crippen LogP contribution < -0.4 is 16.4 Å². The van der Waals surface area contributed by atoms with Gasteiger partial charge in [0.05, 0.1) is 0 Å². The maximum absolute atomic E-state index is 5.75. The normalized spacial score (nSPS) is 22.4. The summed E-state index contributed by atoms with van der Waals surface area (Å²) < 4.78 is 0. The third-order valence-corrected chi connectivity index (χ3v) is 4.59. The van der Waals surface area contributed by atoms with E-state index < -0.39 is 0 Å². The van der Waals surface area contributed by atoms with E-state index in [2.05, 4.69) is 27.5 Å². The first-order valence-corrected chi connectivity index (χ1v) is 8.04. The van der Waals surface area contributed by atoms with Crippen molar-refractivity contribution in [2.75, 3.05) is 28.7 Å². The summed E-state index contributed by atoms with van der Waals surface area (Å²) in [6.07, 6.45) is 3.78. The van der Waals surface area contributed by atoms with Crippen molar-refractivity contribution < 1.29 is 0 Å². The van der Waals surface area contributed by atoms with Gasteiger partial charge in [0.25, 0.3) is 0 Å². The van der Waals surface area contributed by atoms with Crippen molar-refractivity contribution in [1.29, 1.82) is 0 Å². The zero-order chi connectivity index (χ0) is 13.7. The standard InChI is InChI=1S/C13H23N5S/c1-3-15-11-8-12(18-13(14)17-11)16-9-6-5-7-10(9)19-4-2/h8-10H,3-7H2,1-2H3,(H4,14,15,16,17,18). The number of nitrogens with one attached hydrogen (secondary N) is 2. The second-order valence-electron chi connectivity index (χ2n) is 4.70. The fourth-order valence-electron chi connectivity index (χ4n) is 2.51. The van der Waals surface area contributed by atoms with Crippen molar-refractivity contribution in [3.05, 3.63) is 6.07 Å². The van der Waals surface area contributed by atoms with E-state index in [0.717, 1.165) is 23.9 Å². The quantitative estimate of drug-likeness (QED) is 0.744. The van der Waals surface area contributed by atoms with Gasteiger partial charge >= 0.3 is 0 Å². The maximum Gasteiger partial charge on any atom is 0.223 e. The summed E-state index contributed by atoms with van der Waals surface area (Å²) in [5.41, 5.74) is 5.75. The number of aromatic nitrogens is 2. The molecule has 0 amide bonds. The minimum absolute atomic E-state index is 0.318. The largest absolute Gasteiger partial charge is 0.370 e. The van der Waals surface area contributed by atoms with Crippen LogP contribution in [0.1, 0.15) is 33.1 Å². The van der Waals surface area contributed by atoms with E-state index in [1.165, 1.54) is 19.3 Å². The van der Waals surface area contributed by atoms with Crippen LogP contribution in [0.15, 0.2) is 6.07 Å². The van der Waals surface area contributed by atoms with Crippen molar-refractivity contribution in [2.45, 2.75) is 44.4 Å². The first-order valence-electron chi connectivity index (χ1n) is 6.99. The first kappa shape index (κ1) is 14.2. The summed E-state index contributed by atoms with van der Waals surface area (Å²) >= 11 is 2.03. The fraction of sp³-hybridized carbons (Fsp3) is 0.692. The van der Waals surface area contributed by atoms with Crippen LogP contribution in [0.3, 0.4) is 0 Å². The van der Waals surface area contributed by atoms with Crippen LogP contribution in [0.4, 0.5) is 17.6 Å². The predicted octanol–water partition coefficient (Wildman–Crippen LogP) is 2.58. The van der Waals surface area contributed by atoms with Crippen LogP contribution in [0.5, 0.6) is 0 Å². The van der Waals surface area contributed by atoms with Gasteiger partial charge in [0.15, 0.2) is 0 Å². The van der Waals surface area contributed by atoms with Crippen LogP contribution in [0.2, 0.25) is 0 Å².